The van der Waals surface area contributed by atoms with Crippen LogP contribution in [-0.2, 0) is 23.7 Å². The maximum atomic E-state index is 15.9. The number of hydrogen-bond acceptors (Lipinski definition) is 4. The van der Waals surface area contributed by atoms with E-state index in [0.717, 1.165) is 6.07 Å². The molecule has 1 atom stereocenters. The number of hydrogen-bond donors (Lipinski definition) is 0. The molecule has 186 valence electrons. The first-order valence-electron chi connectivity index (χ1n) is 11.4. The number of alkyl halides is 4. The van der Waals surface area contributed by atoms with E-state index in [1.165, 1.54) is 19.9 Å². The van der Waals surface area contributed by atoms with Gasteiger partial charge in [-0.3, -0.25) is 14.8 Å². The van der Waals surface area contributed by atoms with Crippen molar-refractivity contribution in [2.75, 3.05) is 13.1 Å². The van der Waals surface area contributed by atoms with Gasteiger partial charge in [0.15, 0.2) is 11.2 Å². The van der Waals surface area contributed by atoms with Crippen LogP contribution < -0.4 is 5.49 Å². The molecule has 1 unspecified atom stereocenters. The summed E-state index contributed by atoms with van der Waals surface area (Å²) in [4.78, 5) is 26.6. The van der Waals surface area contributed by atoms with Crippen molar-refractivity contribution >= 4 is 16.8 Å². The normalized spacial score (nSPS) is 17.6. The number of aromatic nitrogens is 3. The largest absolute Gasteiger partial charge is 0.416 e. The van der Waals surface area contributed by atoms with Crippen molar-refractivity contribution in [1.82, 2.24) is 19.4 Å². The number of carbonyl (C=O) groups excluding carboxylic acids is 1. The highest BCUT2D eigenvalue weighted by molar-refractivity contribution is 5.77. The van der Waals surface area contributed by atoms with Crippen LogP contribution in [0.15, 0.2) is 41.8 Å². The summed E-state index contributed by atoms with van der Waals surface area (Å²) in [5, 5.41) is 0.558. The Morgan fingerprint density at radius 2 is 1.89 bits per heavy atom. The first-order chi connectivity index (χ1) is 16.4. The van der Waals surface area contributed by atoms with Crippen LogP contribution in [0.25, 0.3) is 10.9 Å². The van der Waals surface area contributed by atoms with Crippen molar-refractivity contribution in [3.05, 3.63) is 64.7 Å². The van der Waals surface area contributed by atoms with Crippen LogP contribution in [0.5, 0.6) is 0 Å². The number of piperidine rings is 1. The van der Waals surface area contributed by atoms with Gasteiger partial charge in [0.05, 0.1) is 35.3 Å². The monoisotopic (exact) mass is 489 g/mol. The molecule has 10 heteroatoms. The molecule has 0 radical (unpaired) electrons. The first kappa shape index (κ1) is 24.8. The van der Waals surface area contributed by atoms with Crippen LogP contribution in [0.3, 0.4) is 0 Å². The number of likely N-dealkylation sites (tertiary alicyclic amines) is 1. The molecule has 4 rings (SSSR count). The molecule has 0 N–H and O–H groups in total. The molecule has 35 heavy (non-hydrogen) atoms. The number of benzene rings is 1. The smallest absolute Gasteiger partial charge is 0.343 e. The molecule has 2 aromatic heterocycles. The summed E-state index contributed by atoms with van der Waals surface area (Å²) in [6, 6.07) is 5.05. The zero-order chi connectivity index (χ0) is 25.5. The fraction of sp³-hybridized carbons (Fsp3) is 0.440. The maximum Gasteiger partial charge on any atom is 0.416 e. The lowest BCUT2D eigenvalue weighted by molar-refractivity contribution is -0.138. The first-order valence-corrected chi connectivity index (χ1v) is 11.4. The third kappa shape index (κ3) is 4.78. The van der Waals surface area contributed by atoms with Gasteiger partial charge in [-0.15, -0.1) is 0 Å². The van der Waals surface area contributed by atoms with Crippen molar-refractivity contribution in [3.63, 3.8) is 0 Å². The molecule has 1 amide bonds. The summed E-state index contributed by atoms with van der Waals surface area (Å²) in [7, 11) is 1.78. The predicted octanol–water partition coefficient (Wildman–Crippen LogP) is 4.76. The van der Waals surface area contributed by atoms with E-state index in [2.05, 4.69) is 15.0 Å². The second kappa shape index (κ2) is 9.05. The van der Waals surface area contributed by atoms with Gasteiger partial charge < -0.3 is 9.47 Å². The molecule has 3 heterocycles. The fourth-order valence-corrected chi connectivity index (χ4v) is 4.63. The summed E-state index contributed by atoms with van der Waals surface area (Å²) >= 11 is 0. The average Bonchev–Trinajstić information content (AvgIpc) is 2.80. The number of rotatable bonds is 3. The molecular weight excluding hydrogens is 462 g/mol. The zero-order valence-electron chi connectivity index (χ0n) is 20.0. The van der Waals surface area contributed by atoms with Gasteiger partial charge >= 0.3 is 6.18 Å². The molecule has 1 aliphatic heterocycles. The summed E-state index contributed by atoms with van der Waals surface area (Å²) in [5.41, 5.74) is -0.636. The van der Waals surface area contributed by atoms with Gasteiger partial charge in [0.1, 0.15) is 0 Å². The van der Waals surface area contributed by atoms with Crippen molar-refractivity contribution < 1.29 is 22.4 Å². The minimum atomic E-state index is -4.46. The number of carbonyl (C=O) groups is 1. The summed E-state index contributed by atoms with van der Waals surface area (Å²) < 4.78 is 57.8. The highest BCUT2D eigenvalue weighted by Crippen LogP contribution is 2.37. The minimum Gasteiger partial charge on any atom is -0.343 e. The highest BCUT2D eigenvalue weighted by Gasteiger charge is 2.38. The second-order valence-corrected chi connectivity index (χ2v) is 9.06. The van der Waals surface area contributed by atoms with Gasteiger partial charge in [-0.2, -0.15) is 13.2 Å². The highest BCUT2D eigenvalue weighted by atomic mass is 19.4. The van der Waals surface area contributed by atoms with Crippen LogP contribution in [0.2, 0.25) is 0 Å². The Morgan fingerprint density at radius 1 is 1.20 bits per heavy atom. The van der Waals surface area contributed by atoms with Crippen molar-refractivity contribution in [2.45, 2.75) is 51.5 Å². The van der Waals surface area contributed by atoms with Gasteiger partial charge in [-0.25, -0.2) is 9.37 Å². The van der Waals surface area contributed by atoms with E-state index in [1.54, 1.807) is 48.1 Å². The third-order valence-electron chi connectivity index (χ3n) is 6.76. The Labute approximate surface area is 200 Å². The molecule has 1 aromatic carbocycles. The summed E-state index contributed by atoms with van der Waals surface area (Å²) in [6.07, 6.45) is -1.10. The number of pyridine rings is 1. The standard InChI is InChI=1S/C25H27F4N5O/c1-15-18(6-5-7-20(15)25(27,28)29)16(2)32-23-19-12-22(30-13-21(19)33(4)14-31-23)24(26)8-10-34(11-9-24)17(3)35/h5-7,12-14,16H,8-11H2,1-4H3. The lowest BCUT2D eigenvalue weighted by atomic mass is 9.89. The molecule has 0 bridgehead atoms. The Bertz CT molecular complexity index is 1340. The molecule has 0 spiro atoms. The molecule has 0 saturated carbocycles. The number of fused-ring (bicyclic) bond motifs is 1. The van der Waals surface area contributed by atoms with E-state index >= 15 is 4.39 Å². The Hall–Kier alpha value is -3.30. The molecule has 1 saturated heterocycles. The summed E-state index contributed by atoms with van der Waals surface area (Å²) in [6.45, 7) is 5.21. The second-order valence-electron chi connectivity index (χ2n) is 9.06. The third-order valence-corrected chi connectivity index (χ3v) is 6.76. The van der Waals surface area contributed by atoms with Crippen LogP contribution >= 0.6 is 0 Å². The molecule has 3 aromatic rings. The fourth-order valence-electron chi connectivity index (χ4n) is 4.63. The van der Waals surface area contributed by atoms with Crippen LogP contribution in [0.1, 0.15) is 55.1 Å². The summed E-state index contributed by atoms with van der Waals surface area (Å²) in [5.74, 6) is -0.0882. The van der Waals surface area contributed by atoms with Gasteiger partial charge in [0.25, 0.3) is 0 Å². The Kier molecular flexibility index (Phi) is 6.42. The van der Waals surface area contributed by atoms with Crippen LogP contribution in [0.4, 0.5) is 17.6 Å². The maximum absolute atomic E-state index is 15.9. The molecule has 0 aliphatic carbocycles. The van der Waals surface area contributed by atoms with E-state index in [4.69, 9.17) is 0 Å². The number of nitrogens with zero attached hydrogens (tertiary/aromatic N) is 5. The van der Waals surface area contributed by atoms with E-state index in [9.17, 15) is 18.0 Å². The Morgan fingerprint density at radius 3 is 2.51 bits per heavy atom. The van der Waals surface area contributed by atoms with Gasteiger partial charge in [0.2, 0.25) is 5.91 Å². The lowest BCUT2D eigenvalue weighted by Crippen LogP contribution is -2.42. The molecule has 1 aliphatic rings. The van der Waals surface area contributed by atoms with Gasteiger partial charge in [-0.05, 0) is 37.1 Å². The lowest BCUT2D eigenvalue weighted by Gasteiger charge is -2.35. The van der Waals surface area contributed by atoms with Crippen LogP contribution in [-0.4, -0.2) is 38.4 Å². The molecular formula is C25H27F4N5O. The van der Waals surface area contributed by atoms with Crippen molar-refractivity contribution in [1.29, 1.82) is 0 Å². The van der Waals surface area contributed by atoms with E-state index < -0.39 is 23.5 Å². The minimum absolute atomic E-state index is 0.0882. The Balaban J connectivity index is 1.78. The molecule has 1 fully saturated rings. The van der Waals surface area contributed by atoms with E-state index in [0.29, 0.717) is 35.0 Å². The number of aryl methyl sites for hydroxylation is 1. The quantitative estimate of drug-likeness (QED) is 0.498. The van der Waals surface area contributed by atoms with Gasteiger partial charge in [-0.1, -0.05) is 12.1 Å². The predicted molar refractivity (Wildman–Crippen MR) is 123 cm³/mol. The van der Waals surface area contributed by atoms with Crippen molar-refractivity contribution in [3.8, 4) is 0 Å². The number of halogens is 4. The van der Waals surface area contributed by atoms with Crippen molar-refractivity contribution in [2.24, 2.45) is 12.0 Å². The molecule has 6 nitrogen and oxygen atoms in total. The number of amides is 1. The topological polar surface area (TPSA) is 63.4 Å². The van der Waals surface area contributed by atoms with Gasteiger partial charge in [0, 0.05) is 45.3 Å². The zero-order valence-corrected chi connectivity index (χ0v) is 20.0. The van der Waals surface area contributed by atoms with Crippen LogP contribution in [0, 0.1) is 6.92 Å². The average molecular weight is 490 g/mol. The SMILES string of the molecule is CC(=O)N1CCC(F)(c2cc3c(=NC(C)c4cccc(C(F)(F)F)c4C)ncn(C)c3cn2)CC1. The van der Waals surface area contributed by atoms with E-state index in [-0.39, 0.29) is 30.0 Å². The van der Waals surface area contributed by atoms with E-state index in [1.807, 2.05) is 0 Å².